The highest BCUT2D eigenvalue weighted by Crippen LogP contribution is 2.31. The van der Waals surface area contributed by atoms with Crippen molar-refractivity contribution in [3.05, 3.63) is 62.6 Å². The molecule has 0 aliphatic carbocycles. The molecule has 106 valence electrons. The second-order valence-corrected chi connectivity index (χ2v) is 6.02. The van der Waals surface area contributed by atoms with Gasteiger partial charge in [-0.15, -0.1) is 0 Å². The maximum Gasteiger partial charge on any atom is 0.122 e. The second-order valence-electron chi connectivity index (χ2n) is 4.70. The topological polar surface area (TPSA) is 29.5 Å². The Bertz CT molecular complexity index is 613. The van der Waals surface area contributed by atoms with Gasteiger partial charge in [0.05, 0.1) is 13.2 Å². The van der Waals surface area contributed by atoms with Gasteiger partial charge >= 0.3 is 0 Å². The van der Waals surface area contributed by atoms with Crippen molar-refractivity contribution in [3.63, 3.8) is 0 Å². The van der Waals surface area contributed by atoms with E-state index in [1.54, 1.807) is 13.2 Å². The summed E-state index contributed by atoms with van der Waals surface area (Å²) < 4.78 is 6.23. The van der Waals surface area contributed by atoms with Gasteiger partial charge in [-0.25, -0.2) is 0 Å². The Morgan fingerprint density at radius 1 is 1.25 bits per heavy atom. The summed E-state index contributed by atoms with van der Waals surface area (Å²) in [7, 11) is 1.63. The predicted molar refractivity (Wildman–Crippen MR) is 85.5 cm³/mol. The molecule has 2 aromatic rings. The number of halogens is 2. The standard InChI is InChI=1S/C16H16BrClO2/c1-10-3-6-16(20-2)11(7-10)8-15(19)13-9-12(17)4-5-14(13)18/h3-7,9,15,19H,8H2,1-2H3. The molecular weight excluding hydrogens is 340 g/mol. The van der Waals surface area contributed by atoms with Crippen LogP contribution >= 0.6 is 27.5 Å². The summed E-state index contributed by atoms with van der Waals surface area (Å²) in [5.41, 5.74) is 2.81. The van der Waals surface area contributed by atoms with Crippen molar-refractivity contribution in [2.75, 3.05) is 7.11 Å². The summed E-state index contributed by atoms with van der Waals surface area (Å²) in [5, 5.41) is 11.0. The van der Waals surface area contributed by atoms with E-state index in [2.05, 4.69) is 15.9 Å². The van der Waals surface area contributed by atoms with Gasteiger partial charge in [-0.1, -0.05) is 45.2 Å². The molecule has 0 heterocycles. The molecule has 0 saturated heterocycles. The van der Waals surface area contributed by atoms with Crippen LogP contribution in [0.15, 0.2) is 40.9 Å². The molecule has 2 rings (SSSR count). The highest BCUT2D eigenvalue weighted by Gasteiger charge is 2.15. The molecule has 0 spiro atoms. The zero-order valence-electron chi connectivity index (χ0n) is 11.4. The van der Waals surface area contributed by atoms with Crippen molar-refractivity contribution in [3.8, 4) is 5.75 Å². The molecule has 0 aliphatic heterocycles. The Morgan fingerprint density at radius 3 is 2.70 bits per heavy atom. The van der Waals surface area contributed by atoms with Crippen molar-refractivity contribution in [1.29, 1.82) is 0 Å². The van der Waals surface area contributed by atoms with E-state index in [-0.39, 0.29) is 0 Å². The van der Waals surface area contributed by atoms with Gasteiger partial charge < -0.3 is 9.84 Å². The predicted octanol–water partition coefficient (Wildman–Crippen LogP) is 4.70. The van der Waals surface area contributed by atoms with Crippen LogP contribution in [0.4, 0.5) is 0 Å². The first-order valence-corrected chi connectivity index (χ1v) is 7.45. The minimum absolute atomic E-state index is 0.459. The molecule has 1 atom stereocenters. The smallest absolute Gasteiger partial charge is 0.122 e. The van der Waals surface area contributed by atoms with E-state index in [4.69, 9.17) is 16.3 Å². The van der Waals surface area contributed by atoms with Crippen molar-refractivity contribution in [2.24, 2.45) is 0 Å². The lowest BCUT2D eigenvalue weighted by molar-refractivity contribution is 0.177. The van der Waals surface area contributed by atoms with Gasteiger partial charge in [0, 0.05) is 21.5 Å². The molecule has 0 amide bonds. The molecule has 0 saturated carbocycles. The average molecular weight is 356 g/mol. The van der Waals surface area contributed by atoms with Gasteiger partial charge in [0.25, 0.3) is 0 Å². The molecule has 1 unspecified atom stereocenters. The maximum absolute atomic E-state index is 10.4. The Kier molecular flexibility index (Phi) is 5.08. The van der Waals surface area contributed by atoms with Gasteiger partial charge in [0.15, 0.2) is 0 Å². The third-order valence-corrected chi connectivity index (χ3v) is 4.00. The van der Waals surface area contributed by atoms with Crippen LogP contribution in [0, 0.1) is 6.92 Å². The van der Waals surface area contributed by atoms with E-state index in [1.165, 1.54) is 0 Å². The minimum atomic E-state index is -0.671. The number of aryl methyl sites for hydroxylation is 1. The van der Waals surface area contributed by atoms with Crippen LogP contribution in [0.25, 0.3) is 0 Å². The van der Waals surface area contributed by atoms with Crippen molar-refractivity contribution in [2.45, 2.75) is 19.4 Å². The summed E-state index contributed by atoms with van der Waals surface area (Å²) in [4.78, 5) is 0. The molecule has 2 nitrogen and oxygen atoms in total. The SMILES string of the molecule is COc1ccc(C)cc1CC(O)c1cc(Br)ccc1Cl. The Hall–Kier alpha value is -1.03. The monoisotopic (exact) mass is 354 g/mol. The molecular formula is C16H16BrClO2. The van der Waals surface area contributed by atoms with Crippen LogP contribution in [-0.4, -0.2) is 12.2 Å². The summed E-state index contributed by atoms with van der Waals surface area (Å²) in [6.45, 7) is 2.02. The fraction of sp³-hybridized carbons (Fsp3) is 0.250. The van der Waals surface area contributed by atoms with E-state index in [1.807, 2.05) is 37.3 Å². The zero-order chi connectivity index (χ0) is 14.7. The summed E-state index contributed by atoms with van der Waals surface area (Å²) in [6, 6.07) is 11.4. The zero-order valence-corrected chi connectivity index (χ0v) is 13.7. The van der Waals surface area contributed by atoms with Gasteiger partial charge in [-0.3, -0.25) is 0 Å². The number of rotatable bonds is 4. The van der Waals surface area contributed by atoms with Crippen LogP contribution in [0.2, 0.25) is 5.02 Å². The Balaban J connectivity index is 2.29. The molecule has 0 fully saturated rings. The van der Waals surface area contributed by atoms with Crippen molar-refractivity contribution in [1.82, 2.24) is 0 Å². The van der Waals surface area contributed by atoms with Crippen LogP contribution < -0.4 is 4.74 Å². The second kappa shape index (κ2) is 6.61. The number of ether oxygens (including phenoxy) is 1. The van der Waals surface area contributed by atoms with Gasteiger partial charge in [-0.2, -0.15) is 0 Å². The highest BCUT2D eigenvalue weighted by molar-refractivity contribution is 9.10. The van der Waals surface area contributed by atoms with E-state index < -0.39 is 6.10 Å². The van der Waals surface area contributed by atoms with E-state index in [9.17, 15) is 5.11 Å². The molecule has 20 heavy (non-hydrogen) atoms. The minimum Gasteiger partial charge on any atom is -0.496 e. The van der Waals surface area contributed by atoms with Crippen LogP contribution in [-0.2, 0) is 6.42 Å². The third kappa shape index (κ3) is 3.54. The lowest BCUT2D eigenvalue weighted by Gasteiger charge is -2.16. The van der Waals surface area contributed by atoms with E-state index in [0.29, 0.717) is 17.0 Å². The highest BCUT2D eigenvalue weighted by atomic mass is 79.9. The van der Waals surface area contributed by atoms with Crippen molar-refractivity contribution < 1.29 is 9.84 Å². The van der Waals surface area contributed by atoms with Crippen LogP contribution in [0.1, 0.15) is 22.8 Å². The first-order valence-electron chi connectivity index (χ1n) is 6.28. The normalized spacial score (nSPS) is 12.2. The van der Waals surface area contributed by atoms with Crippen LogP contribution in [0.5, 0.6) is 5.75 Å². The van der Waals surface area contributed by atoms with Gasteiger partial charge in [-0.05, 0) is 36.8 Å². The van der Waals surface area contributed by atoms with Crippen LogP contribution in [0.3, 0.4) is 0 Å². The largest absolute Gasteiger partial charge is 0.496 e. The first kappa shape index (κ1) is 15.4. The van der Waals surface area contributed by atoms with E-state index >= 15 is 0 Å². The van der Waals surface area contributed by atoms with Gasteiger partial charge in [0.2, 0.25) is 0 Å². The number of aliphatic hydroxyl groups is 1. The average Bonchev–Trinajstić information content (AvgIpc) is 2.41. The fourth-order valence-electron chi connectivity index (χ4n) is 2.16. The number of methoxy groups -OCH3 is 1. The Morgan fingerprint density at radius 2 is 2.00 bits per heavy atom. The van der Waals surface area contributed by atoms with Crippen molar-refractivity contribution >= 4 is 27.5 Å². The first-order chi connectivity index (χ1) is 9.51. The molecule has 0 radical (unpaired) electrons. The third-order valence-electron chi connectivity index (χ3n) is 3.17. The molecule has 0 aromatic heterocycles. The maximum atomic E-state index is 10.4. The lowest BCUT2D eigenvalue weighted by Crippen LogP contribution is -2.04. The fourth-order valence-corrected chi connectivity index (χ4v) is 2.78. The quantitative estimate of drug-likeness (QED) is 0.861. The molecule has 1 N–H and O–H groups in total. The number of aliphatic hydroxyl groups excluding tert-OH is 1. The Labute approximate surface area is 132 Å². The molecule has 4 heteroatoms. The summed E-state index contributed by atoms with van der Waals surface area (Å²) in [6.07, 6.45) is -0.211. The molecule has 2 aromatic carbocycles. The van der Waals surface area contributed by atoms with Gasteiger partial charge in [0.1, 0.15) is 5.75 Å². The van der Waals surface area contributed by atoms with E-state index in [0.717, 1.165) is 21.3 Å². The number of benzene rings is 2. The molecule has 0 aliphatic rings. The number of hydrogen-bond donors (Lipinski definition) is 1. The molecule has 0 bridgehead atoms. The lowest BCUT2D eigenvalue weighted by atomic mass is 9.99. The summed E-state index contributed by atoms with van der Waals surface area (Å²) in [5.74, 6) is 0.778. The summed E-state index contributed by atoms with van der Waals surface area (Å²) >= 11 is 9.55. The number of hydrogen-bond acceptors (Lipinski definition) is 2.